The van der Waals surface area contributed by atoms with Crippen LogP contribution in [0.1, 0.15) is 37.5 Å². The van der Waals surface area contributed by atoms with Crippen LogP contribution in [0, 0.1) is 18.8 Å². The number of carbonyl (C=O) groups is 1. The van der Waals surface area contributed by atoms with Crippen molar-refractivity contribution in [3.05, 3.63) is 53.3 Å². The maximum Gasteiger partial charge on any atom is 0.415 e. The molecule has 1 aromatic carbocycles. The van der Waals surface area contributed by atoms with E-state index in [9.17, 15) is 4.79 Å². The fourth-order valence-electron chi connectivity index (χ4n) is 1.72. The summed E-state index contributed by atoms with van der Waals surface area (Å²) >= 11 is 0. The predicted octanol–water partition coefficient (Wildman–Crippen LogP) is 3.07. The number of amides is 1. The second kappa shape index (κ2) is 6.93. The fourth-order valence-corrected chi connectivity index (χ4v) is 1.72. The quantitative estimate of drug-likeness (QED) is 0.822. The first-order chi connectivity index (χ1) is 10.8. The van der Waals surface area contributed by atoms with E-state index in [-0.39, 0.29) is 11.5 Å². The van der Waals surface area contributed by atoms with Crippen LogP contribution in [-0.4, -0.2) is 21.6 Å². The van der Waals surface area contributed by atoms with E-state index >= 15 is 0 Å². The van der Waals surface area contributed by atoms with Gasteiger partial charge < -0.3 is 10.1 Å². The maximum absolute atomic E-state index is 11.6. The van der Waals surface area contributed by atoms with Gasteiger partial charge in [0, 0.05) is 23.5 Å². The van der Waals surface area contributed by atoms with Crippen LogP contribution < -0.4 is 10.1 Å². The van der Waals surface area contributed by atoms with Crippen LogP contribution in [0.5, 0.6) is 6.01 Å². The summed E-state index contributed by atoms with van der Waals surface area (Å²) in [5.41, 5.74) is 2.35. The molecular formula is C18H19N3O2. The maximum atomic E-state index is 11.6. The largest absolute Gasteiger partial charge is 0.415 e. The van der Waals surface area contributed by atoms with Gasteiger partial charge in [0.05, 0.1) is 5.56 Å². The Morgan fingerprint density at radius 1 is 1.13 bits per heavy atom. The molecule has 0 saturated carbocycles. The van der Waals surface area contributed by atoms with E-state index in [0.29, 0.717) is 5.56 Å². The van der Waals surface area contributed by atoms with E-state index in [0.717, 1.165) is 11.1 Å². The molecule has 0 aliphatic rings. The molecule has 23 heavy (non-hydrogen) atoms. The minimum Gasteiger partial charge on any atom is -0.374 e. The number of carbonyl (C=O) groups excluding carboxylic acids is 1. The highest BCUT2D eigenvalue weighted by Gasteiger charge is 2.15. The average molecular weight is 309 g/mol. The lowest BCUT2D eigenvalue weighted by Crippen LogP contribution is -2.42. The van der Waals surface area contributed by atoms with Gasteiger partial charge in [-0.2, -0.15) is 0 Å². The van der Waals surface area contributed by atoms with Gasteiger partial charge in [0.25, 0.3) is 0 Å². The number of hydrogen-bond acceptors (Lipinski definition) is 4. The van der Waals surface area contributed by atoms with Crippen LogP contribution in [0.4, 0.5) is 4.79 Å². The zero-order valence-electron chi connectivity index (χ0n) is 13.7. The van der Waals surface area contributed by atoms with E-state index in [4.69, 9.17) is 4.74 Å². The molecule has 5 heteroatoms. The van der Waals surface area contributed by atoms with Gasteiger partial charge in [0.15, 0.2) is 0 Å². The molecule has 2 aromatic rings. The highest BCUT2D eigenvalue weighted by atomic mass is 16.6. The van der Waals surface area contributed by atoms with Crippen molar-refractivity contribution in [2.45, 2.75) is 33.2 Å². The van der Waals surface area contributed by atoms with Gasteiger partial charge in [0.2, 0.25) is 0 Å². The molecule has 0 spiro atoms. The van der Waals surface area contributed by atoms with Crippen molar-refractivity contribution < 1.29 is 9.53 Å². The Labute approximate surface area is 136 Å². The molecule has 0 saturated heterocycles. The van der Waals surface area contributed by atoms with Crippen molar-refractivity contribution in [3.63, 3.8) is 0 Å². The summed E-state index contributed by atoms with van der Waals surface area (Å²) in [6, 6.07) is 7.91. The van der Waals surface area contributed by atoms with E-state index in [2.05, 4.69) is 27.1 Å². The lowest BCUT2D eigenvalue weighted by atomic mass is 10.1. The molecule has 0 unspecified atom stereocenters. The van der Waals surface area contributed by atoms with Crippen molar-refractivity contribution >= 4 is 6.09 Å². The van der Waals surface area contributed by atoms with Crippen LogP contribution in [0.2, 0.25) is 0 Å². The third-order valence-electron chi connectivity index (χ3n) is 2.66. The monoisotopic (exact) mass is 309 g/mol. The van der Waals surface area contributed by atoms with Gasteiger partial charge in [0.1, 0.15) is 0 Å². The van der Waals surface area contributed by atoms with Crippen molar-refractivity contribution in [1.82, 2.24) is 15.3 Å². The van der Waals surface area contributed by atoms with Crippen LogP contribution in [0.25, 0.3) is 0 Å². The Morgan fingerprint density at radius 3 is 2.39 bits per heavy atom. The smallest absolute Gasteiger partial charge is 0.374 e. The first-order valence-electron chi connectivity index (χ1n) is 7.22. The number of aryl methyl sites for hydroxylation is 1. The zero-order valence-corrected chi connectivity index (χ0v) is 13.7. The SMILES string of the molecule is Cc1cccc(C#Cc2cnc(OC(=O)NC(C)(C)C)nc2)c1. The molecule has 0 radical (unpaired) electrons. The number of aromatic nitrogens is 2. The van der Waals surface area contributed by atoms with Crippen LogP contribution >= 0.6 is 0 Å². The Balaban J connectivity index is 2.02. The van der Waals surface area contributed by atoms with E-state index in [1.54, 1.807) is 0 Å². The molecule has 1 amide bonds. The van der Waals surface area contributed by atoms with Gasteiger partial charge in [-0.15, -0.1) is 0 Å². The van der Waals surface area contributed by atoms with Crippen LogP contribution in [0.15, 0.2) is 36.7 Å². The number of rotatable bonds is 1. The molecule has 5 nitrogen and oxygen atoms in total. The van der Waals surface area contributed by atoms with Crippen molar-refractivity contribution in [2.75, 3.05) is 0 Å². The average Bonchev–Trinajstić information content (AvgIpc) is 2.44. The van der Waals surface area contributed by atoms with Gasteiger partial charge >= 0.3 is 12.1 Å². The second-order valence-electron chi connectivity index (χ2n) is 6.14. The van der Waals surface area contributed by atoms with Crippen LogP contribution in [-0.2, 0) is 0 Å². The first kappa shape index (κ1) is 16.5. The Kier molecular flexibility index (Phi) is 4.97. The number of nitrogens with zero attached hydrogens (tertiary/aromatic N) is 2. The molecule has 1 aromatic heterocycles. The lowest BCUT2D eigenvalue weighted by molar-refractivity contribution is 0.186. The summed E-state index contributed by atoms with van der Waals surface area (Å²) in [5.74, 6) is 6.02. The summed E-state index contributed by atoms with van der Waals surface area (Å²) < 4.78 is 5.00. The summed E-state index contributed by atoms with van der Waals surface area (Å²) in [7, 11) is 0. The first-order valence-corrected chi connectivity index (χ1v) is 7.22. The molecule has 1 heterocycles. The van der Waals surface area contributed by atoms with Crippen molar-refractivity contribution in [2.24, 2.45) is 0 Å². The van der Waals surface area contributed by atoms with E-state index in [1.165, 1.54) is 12.4 Å². The van der Waals surface area contributed by atoms with E-state index in [1.807, 2.05) is 52.0 Å². The minimum atomic E-state index is -0.587. The molecule has 1 N–H and O–H groups in total. The third-order valence-corrected chi connectivity index (χ3v) is 2.66. The van der Waals surface area contributed by atoms with Gasteiger partial charge in [-0.3, -0.25) is 0 Å². The zero-order chi connectivity index (χ0) is 16.9. The Morgan fingerprint density at radius 2 is 1.78 bits per heavy atom. The van der Waals surface area contributed by atoms with Crippen molar-refractivity contribution in [3.8, 4) is 17.9 Å². The molecule has 0 atom stereocenters. The summed E-state index contributed by atoms with van der Waals surface area (Å²) in [6.45, 7) is 7.60. The highest BCUT2D eigenvalue weighted by Crippen LogP contribution is 2.05. The normalized spacial score (nSPS) is 10.4. The minimum absolute atomic E-state index is 0.00662. The standard InChI is InChI=1S/C18H19N3O2/c1-13-6-5-7-14(10-13)8-9-15-11-19-16(20-12-15)23-17(22)21-18(2,3)4/h5-7,10-12H,1-4H3,(H,21,22). The highest BCUT2D eigenvalue weighted by molar-refractivity contribution is 5.70. The predicted molar refractivity (Wildman–Crippen MR) is 88.1 cm³/mol. The van der Waals surface area contributed by atoms with E-state index < -0.39 is 6.09 Å². The second-order valence-corrected chi connectivity index (χ2v) is 6.14. The molecule has 118 valence electrons. The number of ether oxygens (including phenoxy) is 1. The molecular weight excluding hydrogens is 290 g/mol. The fraction of sp³-hybridized carbons (Fsp3) is 0.278. The van der Waals surface area contributed by atoms with Crippen LogP contribution in [0.3, 0.4) is 0 Å². The Bertz CT molecular complexity index is 750. The van der Waals surface area contributed by atoms with Gasteiger partial charge in [-0.25, -0.2) is 14.8 Å². The molecule has 0 bridgehead atoms. The number of benzene rings is 1. The lowest BCUT2D eigenvalue weighted by Gasteiger charge is -2.19. The summed E-state index contributed by atoms with van der Waals surface area (Å²) in [5, 5.41) is 2.67. The molecule has 0 aliphatic heterocycles. The Hall–Kier alpha value is -2.87. The third kappa shape index (κ3) is 5.79. The topological polar surface area (TPSA) is 64.1 Å². The summed E-state index contributed by atoms with van der Waals surface area (Å²) in [4.78, 5) is 19.6. The number of hydrogen-bond donors (Lipinski definition) is 1. The van der Waals surface area contributed by atoms with Crippen molar-refractivity contribution in [1.29, 1.82) is 0 Å². The molecule has 0 aliphatic carbocycles. The molecule has 0 fully saturated rings. The van der Waals surface area contributed by atoms with Gasteiger partial charge in [-0.05, 0) is 45.4 Å². The summed E-state index contributed by atoms with van der Waals surface area (Å²) in [6.07, 6.45) is 2.46. The van der Waals surface area contributed by atoms with Gasteiger partial charge in [-0.1, -0.05) is 24.0 Å². The molecule has 2 rings (SSSR count). The number of nitrogens with one attached hydrogen (secondary N) is 1.